The fourth-order valence-corrected chi connectivity index (χ4v) is 3.39. The molecule has 0 saturated carbocycles. The van der Waals surface area contributed by atoms with E-state index in [1.807, 2.05) is 24.3 Å². The molecule has 24 heavy (non-hydrogen) atoms. The largest absolute Gasteiger partial charge is 0.497 e. The fraction of sp³-hybridized carbons (Fsp3) is 0.364. The monoisotopic (exact) mass is 319 g/mol. The van der Waals surface area contributed by atoms with Gasteiger partial charge in [0.15, 0.2) is 0 Å². The van der Waals surface area contributed by atoms with E-state index in [0.717, 1.165) is 24.4 Å². The molecule has 0 amide bonds. The van der Waals surface area contributed by atoms with E-state index in [1.165, 1.54) is 36.9 Å². The van der Waals surface area contributed by atoms with E-state index >= 15 is 0 Å². The Hall–Kier alpha value is -2.40. The smallest absolute Gasteiger partial charge is 0.118 e. The summed E-state index contributed by atoms with van der Waals surface area (Å²) in [6.07, 6.45) is 11.1. The van der Waals surface area contributed by atoms with Crippen LogP contribution in [0.1, 0.15) is 42.7 Å². The molecule has 0 radical (unpaired) electrons. The third-order valence-electron chi connectivity index (χ3n) is 4.81. The van der Waals surface area contributed by atoms with Crippen molar-refractivity contribution in [2.45, 2.75) is 31.6 Å². The molecule has 124 valence electrons. The highest BCUT2D eigenvalue weighted by atomic mass is 16.5. The topological polar surface area (TPSA) is 12.5 Å². The Morgan fingerprint density at radius 1 is 0.875 bits per heavy atom. The highest BCUT2D eigenvalue weighted by Gasteiger charge is 2.13. The van der Waals surface area contributed by atoms with Gasteiger partial charge in [-0.3, -0.25) is 0 Å². The second kappa shape index (κ2) is 7.93. The van der Waals surface area contributed by atoms with Crippen molar-refractivity contribution in [2.75, 3.05) is 25.1 Å². The van der Waals surface area contributed by atoms with Gasteiger partial charge in [0.2, 0.25) is 0 Å². The number of nitrogens with zero attached hydrogens (tertiary/aromatic N) is 1. The second-order valence-electron chi connectivity index (χ2n) is 6.37. The van der Waals surface area contributed by atoms with Crippen molar-refractivity contribution in [2.24, 2.45) is 0 Å². The van der Waals surface area contributed by atoms with Gasteiger partial charge in [0.25, 0.3) is 0 Å². The molecule has 2 aromatic rings. The van der Waals surface area contributed by atoms with Crippen LogP contribution in [-0.4, -0.2) is 20.2 Å². The Bertz CT molecular complexity index is 673. The summed E-state index contributed by atoms with van der Waals surface area (Å²) in [5, 5.41) is 0. The summed E-state index contributed by atoms with van der Waals surface area (Å²) in [6.45, 7) is 2.33. The standard InChI is InChI=1S/C22H25NO/c1-3-22(19-10-14-21(24-2)15-11-19)18-8-12-20(13-9-18)23-16-6-4-5-7-17-23/h1,8-15,22H,4-7,16-17H2,2H3. The lowest BCUT2D eigenvalue weighted by Crippen LogP contribution is -2.23. The molecule has 2 nitrogen and oxygen atoms in total. The first kappa shape index (κ1) is 16.5. The summed E-state index contributed by atoms with van der Waals surface area (Å²) < 4.78 is 5.22. The Labute approximate surface area is 145 Å². The lowest BCUT2D eigenvalue weighted by molar-refractivity contribution is 0.414. The van der Waals surface area contributed by atoms with Gasteiger partial charge in [0.1, 0.15) is 5.75 Å². The summed E-state index contributed by atoms with van der Waals surface area (Å²) in [7, 11) is 1.68. The van der Waals surface area contributed by atoms with Gasteiger partial charge in [0.05, 0.1) is 13.0 Å². The minimum absolute atomic E-state index is 0.0194. The molecule has 3 rings (SSSR count). The van der Waals surface area contributed by atoms with Crippen molar-refractivity contribution in [3.8, 4) is 18.1 Å². The maximum atomic E-state index is 5.82. The number of hydrogen-bond acceptors (Lipinski definition) is 2. The minimum Gasteiger partial charge on any atom is -0.497 e. The van der Waals surface area contributed by atoms with Gasteiger partial charge in [-0.05, 0) is 48.2 Å². The number of benzene rings is 2. The SMILES string of the molecule is C#CC(c1ccc(OC)cc1)c1ccc(N2CCCCCC2)cc1. The van der Waals surface area contributed by atoms with Gasteiger partial charge in [0, 0.05) is 18.8 Å². The molecule has 1 aliphatic heterocycles. The molecule has 2 aromatic carbocycles. The predicted octanol–water partition coefficient (Wildman–Crippen LogP) is 4.84. The van der Waals surface area contributed by atoms with E-state index in [0.29, 0.717) is 0 Å². The highest BCUT2D eigenvalue weighted by molar-refractivity contribution is 5.51. The van der Waals surface area contributed by atoms with E-state index in [1.54, 1.807) is 7.11 Å². The van der Waals surface area contributed by atoms with Gasteiger partial charge in [-0.15, -0.1) is 6.42 Å². The first-order valence-electron chi connectivity index (χ1n) is 8.77. The van der Waals surface area contributed by atoms with Gasteiger partial charge in [-0.25, -0.2) is 0 Å². The predicted molar refractivity (Wildman–Crippen MR) is 101 cm³/mol. The van der Waals surface area contributed by atoms with E-state index in [4.69, 9.17) is 11.2 Å². The number of ether oxygens (including phenoxy) is 1. The average Bonchev–Trinajstić information content (AvgIpc) is 2.93. The zero-order valence-electron chi connectivity index (χ0n) is 14.4. The lowest BCUT2D eigenvalue weighted by atomic mass is 9.92. The first-order chi connectivity index (χ1) is 11.8. The van der Waals surface area contributed by atoms with Crippen LogP contribution in [0, 0.1) is 12.3 Å². The van der Waals surface area contributed by atoms with Gasteiger partial charge in [-0.2, -0.15) is 0 Å². The molecular formula is C22H25NO. The summed E-state index contributed by atoms with van der Waals surface area (Å²) in [6, 6.07) is 16.8. The molecule has 1 saturated heterocycles. The van der Waals surface area contributed by atoms with Crippen LogP contribution in [0.4, 0.5) is 5.69 Å². The van der Waals surface area contributed by atoms with Crippen LogP contribution in [0.5, 0.6) is 5.75 Å². The van der Waals surface area contributed by atoms with Crippen molar-refractivity contribution in [1.82, 2.24) is 0 Å². The van der Waals surface area contributed by atoms with E-state index < -0.39 is 0 Å². The maximum absolute atomic E-state index is 5.82. The van der Waals surface area contributed by atoms with Crippen molar-refractivity contribution in [3.63, 3.8) is 0 Å². The Morgan fingerprint density at radius 3 is 1.92 bits per heavy atom. The zero-order chi connectivity index (χ0) is 16.8. The molecule has 0 bridgehead atoms. The molecule has 0 N–H and O–H groups in total. The van der Waals surface area contributed by atoms with E-state index in [9.17, 15) is 0 Å². The third kappa shape index (κ3) is 3.74. The summed E-state index contributed by atoms with van der Waals surface area (Å²) in [5.41, 5.74) is 3.60. The number of terminal acetylenes is 1. The van der Waals surface area contributed by atoms with Crippen molar-refractivity contribution >= 4 is 5.69 Å². The Morgan fingerprint density at radius 2 is 1.42 bits per heavy atom. The van der Waals surface area contributed by atoms with Crippen LogP contribution >= 0.6 is 0 Å². The van der Waals surface area contributed by atoms with Crippen LogP contribution < -0.4 is 9.64 Å². The first-order valence-corrected chi connectivity index (χ1v) is 8.77. The number of methoxy groups -OCH3 is 1. The summed E-state index contributed by atoms with van der Waals surface area (Å²) >= 11 is 0. The Kier molecular flexibility index (Phi) is 5.43. The van der Waals surface area contributed by atoms with Gasteiger partial charge >= 0.3 is 0 Å². The molecule has 1 aliphatic rings. The molecule has 1 heterocycles. The van der Waals surface area contributed by atoms with Crippen molar-refractivity contribution in [1.29, 1.82) is 0 Å². The molecular weight excluding hydrogens is 294 g/mol. The summed E-state index contributed by atoms with van der Waals surface area (Å²) in [4.78, 5) is 2.50. The average molecular weight is 319 g/mol. The summed E-state index contributed by atoms with van der Waals surface area (Å²) in [5.74, 6) is 3.76. The quantitative estimate of drug-likeness (QED) is 0.748. The zero-order valence-corrected chi connectivity index (χ0v) is 14.4. The van der Waals surface area contributed by atoms with Crippen LogP contribution in [0.2, 0.25) is 0 Å². The lowest BCUT2D eigenvalue weighted by Gasteiger charge is -2.23. The molecule has 0 spiro atoms. The molecule has 2 heteroatoms. The van der Waals surface area contributed by atoms with Crippen LogP contribution in [-0.2, 0) is 0 Å². The van der Waals surface area contributed by atoms with Crippen molar-refractivity contribution < 1.29 is 4.74 Å². The Balaban J connectivity index is 1.78. The van der Waals surface area contributed by atoms with Crippen LogP contribution in [0.15, 0.2) is 48.5 Å². The molecule has 0 aliphatic carbocycles. The van der Waals surface area contributed by atoms with E-state index in [2.05, 4.69) is 35.1 Å². The fourth-order valence-electron chi connectivity index (χ4n) is 3.39. The number of hydrogen-bond donors (Lipinski definition) is 0. The van der Waals surface area contributed by atoms with Crippen molar-refractivity contribution in [3.05, 3.63) is 59.7 Å². The van der Waals surface area contributed by atoms with Gasteiger partial charge in [-0.1, -0.05) is 43.0 Å². The van der Waals surface area contributed by atoms with Crippen LogP contribution in [0.25, 0.3) is 0 Å². The molecule has 1 unspecified atom stereocenters. The normalized spacial score (nSPS) is 16.1. The van der Waals surface area contributed by atoms with Gasteiger partial charge < -0.3 is 9.64 Å². The maximum Gasteiger partial charge on any atom is 0.118 e. The highest BCUT2D eigenvalue weighted by Crippen LogP contribution is 2.28. The number of anilines is 1. The molecule has 0 aromatic heterocycles. The van der Waals surface area contributed by atoms with E-state index in [-0.39, 0.29) is 5.92 Å². The minimum atomic E-state index is -0.0194. The molecule has 1 fully saturated rings. The third-order valence-corrected chi connectivity index (χ3v) is 4.81. The number of rotatable bonds is 4. The second-order valence-corrected chi connectivity index (χ2v) is 6.37. The molecule has 1 atom stereocenters. The van der Waals surface area contributed by atoms with Crippen LogP contribution in [0.3, 0.4) is 0 Å².